The van der Waals surface area contributed by atoms with Crippen molar-refractivity contribution in [1.82, 2.24) is 4.90 Å². The molecule has 0 amide bonds. The number of aliphatic hydroxyl groups is 1. The average molecular weight is 241 g/mol. The highest BCUT2D eigenvalue weighted by atomic mass is 16.5. The van der Waals surface area contributed by atoms with Crippen molar-refractivity contribution in [3.8, 4) is 0 Å². The molecule has 1 heterocycles. The fourth-order valence-corrected chi connectivity index (χ4v) is 3.30. The zero-order chi connectivity index (χ0) is 12.5. The number of ether oxygens (including phenoxy) is 1. The maximum atomic E-state index is 10.3. The van der Waals surface area contributed by atoms with Crippen LogP contribution in [0, 0.1) is 11.3 Å². The lowest BCUT2D eigenvalue weighted by Gasteiger charge is -2.29. The Morgan fingerprint density at radius 2 is 2.06 bits per heavy atom. The van der Waals surface area contributed by atoms with Crippen molar-refractivity contribution < 1.29 is 9.84 Å². The maximum absolute atomic E-state index is 10.3. The molecule has 2 rings (SSSR count). The molecular weight excluding hydrogens is 214 g/mol. The highest BCUT2D eigenvalue weighted by Crippen LogP contribution is 2.41. The van der Waals surface area contributed by atoms with Gasteiger partial charge in [0.25, 0.3) is 0 Å². The monoisotopic (exact) mass is 241 g/mol. The van der Waals surface area contributed by atoms with Crippen LogP contribution >= 0.6 is 0 Å². The normalized spacial score (nSPS) is 36.9. The third-order valence-corrected chi connectivity index (χ3v) is 4.49. The van der Waals surface area contributed by atoms with Crippen LogP contribution in [-0.4, -0.2) is 49.0 Å². The molecule has 17 heavy (non-hydrogen) atoms. The van der Waals surface area contributed by atoms with E-state index < -0.39 is 0 Å². The summed E-state index contributed by atoms with van der Waals surface area (Å²) in [6.45, 7) is 7.31. The Bertz CT molecular complexity index is 249. The maximum Gasteiger partial charge on any atom is 0.0702 e. The minimum Gasteiger partial charge on any atom is -0.392 e. The summed E-state index contributed by atoms with van der Waals surface area (Å²) in [4.78, 5) is 2.34. The Kier molecular flexibility index (Phi) is 4.11. The lowest BCUT2D eigenvalue weighted by molar-refractivity contribution is 0.0259. The molecular formula is C14H27NO2. The smallest absolute Gasteiger partial charge is 0.0702 e. The molecule has 3 heteroatoms. The molecule has 1 saturated carbocycles. The Labute approximate surface area is 105 Å². The van der Waals surface area contributed by atoms with Gasteiger partial charge in [-0.2, -0.15) is 0 Å². The van der Waals surface area contributed by atoms with Crippen molar-refractivity contribution in [3.05, 3.63) is 0 Å². The zero-order valence-corrected chi connectivity index (χ0v) is 11.5. The fourth-order valence-electron chi connectivity index (χ4n) is 3.30. The van der Waals surface area contributed by atoms with Gasteiger partial charge < -0.3 is 14.7 Å². The standard InChI is InChI=1S/C14H27NO2/c1-14(2)7-6-11(13(14)16)9-15(3)10-12-5-4-8-17-12/h11-13,16H,4-10H2,1-3H3. The van der Waals surface area contributed by atoms with Crippen molar-refractivity contribution in [3.63, 3.8) is 0 Å². The Hall–Kier alpha value is -0.120. The molecule has 2 aliphatic rings. The van der Waals surface area contributed by atoms with E-state index >= 15 is 0 Å². The summed E-state index contributed by atoms with van der Waals surface area (Å²) >= 11 is 0. The minimum atomic E-state index is -0.144. The van der Waals surface area contributed by atoms with Crippen molar-refractivity contribution in [2.24, 2.45) is 11.3 Å². The van der Waals surface area contributed by atoms with Crippen molar-refractivity contribution >= 4 is 0 Å². The third kappa shape index (κ3) is 3.21. The van der Waals surface area contributed by atoms with Crippen LogP contribution in [0.15, 0.2) is 0 Å². The highest BCUT2D eigenvalue weighted by Gasteiger charge is 2.40. The van der Waals surface area contributed by atoms with Crippen LogP contribution < -0.4 is 0 Å². The number of likely N-dealkylation sites (N-methyl/N-ethyl adjacent to an activating group) is 1. The van der Waals surface area contributed by atoms with Crippen LogP contribution in [-0.2, 0) is 4.74 Å². The van der Waals surface area contributed by atoms with E-state index in [4.69, 9.17) is 4.74 Å². The molecule has 0 spiro atoms. The van der Waals surface area contributed by atoms with Gasteiger partial charge in [-0.05, 0) is 44.1 Å². The summed E-state index contributed by atoms with van der Waals surface area (Å²) in [6.07, 6.45) is 4.98. The van der Waals surface area contributed by atoms with Gasteiger partial charge in [-0.15, -0.1) is 0 Å². The molecule has 0 aromatic heterocycles. The van der Waals surface area contributed by atoms with Crippen LogP contribution in [0.3, 0.4) is 0 Å². The van der Waals surface area contributed by atoms with Crippen LogP contribution in [0.4, 0.5) is 0 Å². The summed E-state index contributed by atoms with van der Waals surface area (Å²) in [5.41, 5.74) is 0.107. The van der Waals surface area contributed by atoms with Crippen LogP contribution in [0.2, 0.25) is 0 Å². The van der Waals surface area contributed by atoms with Crippen LogP contribution in [0.25, 0.3) is 0 Å². The topological polar surface area (TPSA) is 32.7 Å². The van der Waals surface area contributed by atoms with E-state index in [-0.39, 0.29) is 11.5 Å². The van der Waals surface area contributed by atoms with Gasteiger partial charge in [0.2, 0.25) is 0 Å². The number of hydrogen-bond donors (Lipinski definition) is 1. The Morgan fingerprint density at radius 3 is 2.59 bits per heavy atom. The molecule has 1 aliphatic carbocycles. The van der Waals surface area contributed by atoms with Gasteiger partial charge in [0.15, 0.2) is 0 Å². The first kappa shape index (κ1) is 13.3. The van der Waals surface area contributed by atoms with Crippen LogP contribution in [0.5, 0.6) is 0 Å². The summed E-state index contributed by atoms with van der Waals surface area (Å²) in [5, 5.41) is 10.3. The molecule has 0 aromatic carbocycles. The zero-order valence-electron chi connectivity index (χ0n) is 11.5. The van der Waals surface area contributed by atoms with E-state index in [0.717, 1.165) is 32.5 Å². The first-order chi connectivity index (χ1) is 7.99. The van der Waals surface area contributed by atoms with Gasteiger partial charge in [0.05, 0.1) is 12.2 Å². The van der Waals surface area contributed by atoms with E-state index in [1.54, 1.807) is 0 Å². The molecule has 3 unspecified atom stereocenters. The van der Waals surface area contributed by atoms with Gasteiger partial charge >= 0.3 is 0 Å². The molecule has 1 saturated heterocycles. The molecule has 100 valence electrons. The summed E-state index contributed by atoms with van der Waals surface area (Å²) in [5.74, 6) is 0.441. The molecule has 2 fully saturated rings. The average Bonchev–Trinajstić information content (AvgIpc) is 2.82. The molecule has 0 aromatic rings. The summed E-state index contributed by atoms with van der Waals surface area (Å²) < 4.78 is 5.65. The number of rotatable bonds is 4. The third-order valence-electron chi connectivity index (χ3n) is 4.49. The highest BCUT2D eigenvalue weighted by molar-refractivity contribution is 4.92. The molecule has 0 radical (unpaired) electrons. The van der Waals surface area contributed by atoms with E-state index in [1.165, 1.54) is 12.8 Å². The predicted molar refractivity (Wildman–Crippen MR) is 69.0 cm³/mol. The largest absolute Gasteiger partial charge is 0.392 e. The molecule has 1 aliphatic heterocycles. The molecule has 3 atom stereocenters. The van der Waals surface area contributed by atoms with Crippen molar-refractivity contribution in [2.75, 3.05) is 26.7 Å². The lowest BCUT2D eigenvalue weighted by atomic mass is 9.87. The molecule has 1 N–H and O–H groups in total. The summed E-state index contributed by atoms with van der Waals surface area (Å²) in [7, 11) is 2.15. The van der Waals surface area contributed by atoms with E-state index in [1.807, 2.05) is 0 Å². The van der Waals surface area contributed by atoms with Crippen LogP contribution in [0.1, 0.15) is 39.5 Å². The van der Waals surface area contributed by atoms with E-state index in [0.29, 0.717) is 12.0 Å². The summed E-state index contributed by atoms with van der Waals surface area (Å²) in [6, 6.07) is 0. The van der Waals surface area contributed by atoms with Gasteiger partial charge in [-0.25, -0.2) is 0 Å². The van der Waals surface area contributed by atoms with Gasteiger partial charge in [-0.3, -0.25) is 0 Å². The first-order valence-corrected chi connectivity index (χ1v) is 6.97. The number of nitrogens with zero attached hydrogens (tertiary/aromatic N) is 1. The second-order valence-electron chi connectivity index (χ2n) is 6.59. The van der Waals surface area contributed by atoms with Crippen molar-refractivity contribution in [1.29, 1.82) is 0 Å². The SMILES string of the molecule is CN(CC1CCCO1)CC1CCC(C)(C)C1O. The van der Waals surface area contributed by atoms with E-state index in [2.05, 4.69) is 25.8 Å². The number of aliphatic hydroxyl groups excluding tert-OH is 1. The molecule has 3 nitrogen and oxygen atoms in total. The van der Waals surface area contributed by atoms with Gasteiger partial charge in [-0.1, -0.05) is 13.8 Å². The Balaban J connectivity index is 1.76. The second-order valence-corrected chi connectivity index (χ2v) is 6.59. The second kappa shape index (κ2) is 5.25. The van der Waals surface area contributed by atoms with Gasteiger partial charge in [0.1, 0.15) is 0 Å². The lowest BCUT2D eigenvalue weighted by Crippen LogP contribution is -2.37. The van der Waals surface area contributed by atoms with Gasteiger partial charge in [0, 0.05) is 19.7 Å². The predicted octanol–water partition coefficient (Wildman–Crippen LogP) is 1.89. The minimum absolute atomic E-state index is 0.107. The quantitative estimate of drug-likeness (QED) is 0.816. The Morgan fingerprint density at radius 1 is 1.29 bits per heavy atom. The first-order valence-electron chi connectivity index (χ1n) is 6.97. The fraction of sp³-hybridized carbons (Fsp3) is 1.00. The molecule has 0 bridgehead atoms. The number of hydrogen-bond acceptors (Lipinski definition) is 3. The van der Waals surface area contributed by atoms with Crippen molar-refractivity contribution in [2.45, 2.75) is 51.7 Å². The van der Waals surface area contributed by atoms with E-state index in [9.17, 15) is 5.11 Å².